The largest absolute Gasteiger partial charge is 0.504 e. The van der Waals surface area contributed by atoms with E-state index >= 15 is 0 Å². The average molecular weight is 267 g/mol. The van der Waals surface area contributed by atoms with Crippen LogP contribution in [0.4, 0.5) is 11.4 Å². The average Bonchev–Trinajstić information content (AvgIpc) is 2.50. The maximum absolute atomic E-state index is 9.84. The second-order valence-electron chi connectivity index (χ2n) is 4.20. The van der Waals surface area contributed by atoms with E-state index in [9.17, 15) is 5.11 Å². The SMILES string of the molecule is CON(c1ccccc1)c1ccnc2c(O)cncc12. The van der Waals surface area contributed by atoms with Crippen LogP contribution < -0.4 is 5.06 Å². The highest BCUT2D eigenvalue weighted by atomic mass is 16.7. The third kappa shape index (κ3) is 2.04. The van der Waals surface area contributed by atoms with Crippen LogP contribution in [-0.2, 0) is 4.84 Å². The smallest absolute Gasteiger partial charge is 0.160 e. The molecule has 0 unspecified atom stereocenters. The summed E-state index contributed by atoms with van der Waals surface area (Å²) in [5.74, 6) is 0.0495. The maximum atomic E-state index is 9.84. The van der Waals surface area contributed by atoms with Crippen molar-refractivity contribution in [3.05, 3.63) is 55.0 Å². The Morgan fingerprint density at radius 1 is 1.10 bits per heavy atom. The molecule has 0 aliphatic heterocycles. The fourth-order valence-electron chi connectivity index (χ4n) is 2.12. The van der Waals surface area contributed by atoms with Gasteiger partial charge in [-0.1, -0.05) is 18.2 Å². The summed E-state index contributed by atoms with van der Waals surface area (Å²) in [6.45, 7) is 0. The van der Waals surface area contributed by atoms with Gasteiger partial charge < -0.3 is 5.11 Å². The highest BCUT2D eigenvalue weighted by Gasteiger charge is 2.14. The number of hydrogen-bond donors (Lipinski definition) is 1. The van der Waals surface area contributed by atoms with Crippen molar-refractivity contribution in [2.75, 3.05) is 12.2 Å². The molecule has 3 rings (SSSR count). The van der Waals surface area contributed by atoms with E-state index in [0.29, 0.717) is 5.52 Å². The quantitative estimate of drug-likeness (QED) is 0.739. The molecule has 5 heteroatoms. The molecule has 0 atom stereocenters. The first-order valence-electron chi connectivity index (χ1n) is 6.12. The fraction of sp³-hybridized carbons (Fsp3) is 0.0667. The Morgan fingerprint density at radius 2 is 1.90 bits per heavy atom. The van der Waals surface area contributed by atoms with Gasteiger partial charge in [0.1, 0.15) is 5.52 Å². The molecule has 0 bridgehead atoms. The molecule has 0 fully saturated rings. The predicted molar refractivity (Wildman–Crippen MR) is 76.8 cm³/mol. The number of benzene rings is 1. The van der Waals surface area contributed by atoms with Crippen molar-refractivity contribution in [2.45, 2.75) is 0 Å². The summed E-state index contributed by atoms with van der Waals surface area (Å²) in [7, 11) is 1.59. The molecule has 0 spiro atoms. The summed E-state index contributed by atoms with van der Waals surface area (Å²) in [4.78, 5) is 13.7. The maximum Gasteiger partial charge on any atom is 0.160 e. The predicted octanol–water partition coefficient (Wildman–Crippen LogP) is 3.03. The second-order valence-corrected chi connectivity index (χ2v) is 4.20. The normalized spacial score (nSPS) is 10.7. The van der Waals surface area contributed by atoms with Crippen molar-refractivity contribution in [1.82, 2.24) is 9.97 Å². The topological polar surface area (TPSA) is 58.5 Å². The van der Waals surface area contributed by atoms with Crippen LogP contribution in [0.25, 0.3) is 10.9 Å². The van der Waals surface area contributed by atoms with Gasteiger partial charge in [0.2, 0.25) is 0 Å². The number of anilines is 2. The minimum atomic E-state index is 0.0495. The molecule has 5 nitrogen and oxygen atoms in total. The lowest BCUT2D eigenvalue weighted by molar-refractivity contribution is 0.202. The van der Waals surface area contributed by atoms with E-state index in [1.54, 1.807) is 24.6 Å². The molecular formula is C15H13N3O2. The standard InChI is InChI=1S/C15H13N3O2/c1-20-18(11-5-3-2-4-6-11)13-7-8-17-15-12(13)9-16-10-14(15)19/h2-10,19H,1H3. The number of fused-ring (bicyclic) bond motifs is 1. The first-order chi connectivity index (χ1) is 9.81. The van der Waals surface area contributed by atoms with Gasteiger partial charge in [0.15, 0.2) is 5.75 Å². The Bertz CT molecular complexity index is 732. The van der Waals surface area contributed by atoms with E-state index in [0.717, 1.165) is 16.8 Å². The van der Waals surface area contributed by atoms with Gasteiger partial charge in [0.05, 0.1) is 24.7 Å². The summed E-state index contributed by atoms with van der Waals surface area (Å²) in [6.07, 6.45) is 4.66. The Kier molecular flexibility index (Phi) is 3.18. The number of pyridine rings is 2. The van der Waals surface area contributed by atoms with Crippen molar-refractivity contribution in [3.63, 3.8) is 0 Å². The van der Waals surface area contributed by atoms with Crippen LogP contribution >= 0.6 is 0 Å². The molecule has 0 radical (unpaired) electrons. The molecular weight excluding hydrogens is 254 g/mol. The van der Waals surface area contributed by atoms with Crippen molar-refractivity contribution in [2.24, 2.45) is 0 Å². The van der Waals surface area contributed by atoms with E-state index in [2.05, 4.69) is 9.97 Å². The van der Waals surface area contributed by atoms with Gasteiger partial charge in [-0.05, 0) is 18.2 Å². The number of nitrogens with zero attached hydrogens (tertiary/aromatic N) is 3. The van der Waals surface area contributed by atoms with Crippen LogP contribution in [0.3, 0.4) is 0 Å². The Morgan fingerprint density at radius 3 is 2.65 bits per heavy atom. The van der Waals surface area contributed by atoms with Crippen molar-refractivity contribution in [1.29, 1.82) is 0 Å². The summed E-state index contributed by atoms with van der Waals surface area (Å²) < 4.78 is 0. The lowest BCUT2D eigenvalue weighted by Crippen LogP contribution is -2.15. The number of rotatable bonds is 3. The number of aromatic nitrogens is 2. The van der Waals surface area contributed by atoms with Crippen LogP contribution in [0.2, 0.25) is 0 Å². The van der Waals surface area contributed by atoms with E-state index in [1.807, 2.05) is 36.4 Å². The van der Waals surface area contributed by atoms with Crippen molar-refractivity contribution in [3.8, 4) is 5.75 Å². The van der Waals surface area contributed by atoms with Crippen LogP contribution in [0.15, 0.2) is 55.0 Å². The van der Waals surface area contributed by atoms with Gasteiger partial charge >= 0.3 is 0 Å². The van der Waals surface area contributed by atoms with Crippen LogP contribution in [0.1, 0.15) is 0 Å². The molecule has 0 saturated heterocycles. The minimum absolute atomic E-state index is 0.0495. The summed E-state index contributed by atoms with van der Waals surface area (Å²) >= 11 is 0. The Hall–Kier alpha value is -2.66. The third-order valence-electron chi connectivity index (χ3n) is 3.00. The van der Waals surface area contributed by atoms with Crippen molar-refractivity contribution < 1.29 is 9.94 Å². The molecule has 1 N–H and O–H groups in total. The van der Waals surface area contributed by atoms with E-state index in [4.69, 9.17) is 4.84 Å². The lowest BCUT2D eigenvalue weighted by atomic mass is 10.2. The zero-order valence-electron chi connectivity index (χ0n) is 10.9. The van der Waals surface area contributed by atoms with E-state index in [1.165, 1.54) is 6.20 Å². The highest BCUT2D eigenvalue weighted by molar-refractivity contribution is 5.95. The number of hydrogen-bond acceptors (Lipinski definition) is 5. The zero-order valence-corrected chi connectivity index (χ0v) is 10.9. The molecule has 0 amide bonds. The number of aromatic hydroxyl groups is 1. The highest BCUT2D eigenvalue weighted by Crippen LogP contribution is 2.33. The molecule has 3 aromatic rings. The lowest BCUT2D eigenvalue weighted by Gasteiger charge is -2.23. The molecule has 0 aliphatic carbocycles. The van der Waals surface area contributed by atoms with Gasteiger partial charge in [-0.3, -0.25) is 14.8 Å². The molecule has 20 heavy (non-hydrogen) atoms. The fourth-order valence-corrected chi connectivity index (χ4v) is 2.12. The van der Waals surface area contributed by atoms with Gasteiger partial charge in [-0.25, -0.2) is 5.06 Å². The summed E-state index contributed by atoms with van der Waals surface area (Å²) in [5, 5.41) is 12.2. The molecule has 100 valence electrons. The zero-order chi connectivity index (χ0) is 13.9. The monoisotopic (exact) mass is 267 g/mol. The minimum Gasteiger partial charge on any atom is -0.504 e. The van der Waals surface area contributed by atoms with Gasteiger partial charge in [-0.2, -0.15) is 0 Å². The Labute approximate surface area is 116 Å². The third-order valence-corrected chi connectivity index (χ3v) is 3.00. The number of para-hydroxylation sites is 1. The molecule has 2 heterocycles. The van der Waals surface area contributed by atoms with Gasteiger partial charge in [0, 0.05) is 17.8 Å². The van der Waals surface area contributed by atoms with Crippen LogP contribution in [-0.4, -0.2) is 22.2 Å². The first kappa shape index (κ1) is 12.4. The summed E-state index contributed by atoms with van der Waals surface area (Å²) in [5.41, 5.74) is 2.15. The van der Waals surface area contributed by atoms with Crippen LogP contribution in [0, 0.1) is 0 Å². The van der Waals surface area contributed by atoms with Crippen LogP contribution in [0.5, 0.6) is 5.75 Å². The molecule has 0 saturated carbocycles. The van der Waals surface area contributed by atoms with Crippen molar-refractivity contribution >= 4 is 22.3 Å². The van der Waals surface area contributed by atoms with E-state index < -0.39 is 0 Å². The molecule has 2 aromatic heterocycles. The molecule has 1 aromatic carbocycles. The first-order valence-corrected chi connectivity index (χ1v) is 6.12. The van der Waals surface area contributed by atoms with Gasteiger partial charge in [0.25, 0.3) is 0 Å². The summed E-state index contributed by atoms with van der Waals surface area (Å²) in [6, 6.07) is 11.5. The second kappa shape index (κ2) is 5.14. The Balaban J connectivity index is 2.20. The van der Waals surface area contributed by atoms with E-state index in [-0.39, 0.29) is 5.75 Å². The molecule has 0 aliphatic rings. The van der Waals surface area contributed by atoms with Gasteiger partial charge in [-0.15, -0.1) is 0 Å².